The second kappa shape index (κ2) is 24.9. The number of nitrogens with zero attached hydrogens (tertiary/aromatic N) is 3. The molecule has 0 unspecified atom stereocenters. The molecule has 2 heterocycles. The lowest BCUT2D eigenvalue weighted by atomic mass is 10.1. The van der Waals surface area contributed by atoms with Gasteiger partial charge < -0.3 is 28.4 Å². The van der Waals surface area contributed by atoms with Gasteiger partial charge in [0.2, 0.25) is 0 Å². The number of hydrogen-bond acceptors (Lipinski definition) is 20. The van der Waals surface area contributed by atoms with E-state index in [2.05, 4.69) is 4.98 Å². The van der Waals surface area contributed by atoms with Gasteiger partial charge in [0.1, 0.15) is 22.2 Å². The van der Waals surface area contributed by atoms with Gasteiger partial charge in [0.25, 0.3) is 0 Å². The van der Waals surface area contributed by atoms with E-state index in [1.165, 1.54) is 21.6 Å². The van der Waals surface area contributed by atoms with Crippen LogP contribution >= 0.6 is 62.8 Å². The normalized spacial score (nSPS) is 18.8. The van der Waals surface area contributed by atoms with E-state index in [0.717, 1.165) is 40.1 Å². The molecule has 1 fully saturated rings. The first kappa shape index (κ1) is 52.7. The Labute approximate surface area is 360 Å². The highest BCUT2D eigenvalue weighted by atomic mass is 33.1. The fourth-order valence-electron chi connectivity index (χ4n) is 4.29. The van der Waals surface area contributed by atoms with Crippen molar-refractivity contribution in [2.45, 2.75) is 102 Å². The van der Waals surface area contributed by atoms with E-state index in [9.17, 15) is 23.7 Å². The fourth-order valence-corrected chi connectivity index (χ4v) is 10.8. The number of imide groups is 1. The fraction of sp³-hybridized carbons (Fsp3) is 0.794. The minimum absolute atomic E-state index is 0.00130. The van der Waals surface area contributed by atoms with Crippen LogP contribution in [0, 0.1) is 0 Å². The van der Waals surface area contributed by atoms with Crippen LogP contribution in [0.15, 0.2) is 17.1 Å². The molecule has 17 nitrogen and oxygen atoms in total. The van der Waals surface area contributed by atoms with Crippen molar-refractivity contribution in [3.05, 3.63) is 22.7 Å². The Balaban J connectivity index is 2.40. The van der Waals surface area contributed by atoms with Gasteiger partial charge in [0, 0.05) is 43.4 Å². The summed E-state index contributed by atoms with van der Waals surface area (Å²) >= 11 is 0.839. The van der Waals surface area contributed by atoms with Gasteiger partial charge in [-0.15, -0.1) is 11.8 Å². The summed E-state index contributed by atoms with van der Waals surface area (Å²) in [5.41, 5.74) is -4.11. The van der Waals surface area contributed by atoms with E-state index >= 15 is 4.39 Å². The van der Waals surface area contributed by atoms with Crippen LogP contribution in [0.1, 0.15) is 67.7 Å². The third-order valence-corrected chi connectivity index (χ3v) is 14.1. The maximum absolute atomic E-state index is 16.5. The zero-order chi connectivity index (χ0) is 43.7. The number of thioether (sulfide) groups is 1. The van der Waals surface area contributed by atoms with Crippen LogP contribution in [0.2, 0.25) is 0 Å². The Morgan fingerprint density at radius 1 is 0.793 bits per heavy atom. The molecule has 0 aliphatic carbocycles. The third-order valence-electron chi connectivity index (χ3n) is 6.50. The number of rotatable bonds is 22. The van der Waals surface area contributed by atoms with Crippen molar-refractivity contribution in [1.29, 1.82) is 0 Å². The molecule has 334 valence electrons. The summed E-state index contributed by atoms with van der Waals surface area (Å²) in [6.45, 7) is 15.0. The maximum atomic E-state index is 16.5. The third kappa shape index (κ3) is 20.0. The maximum Gasteiger partial charge on any atom is 0.509 e. The van der Waals surface area contributed by atoms with Gasteiger partial charge in [-0.05, 0) is 68.4 Å². The van der Waals surface area contributed by atoms with Crippen molar-refractivity contribution in [2.24, 2.45) is 0 Å². The van der Waals surface area contributed by atoms with E-state index in [1.807, 2.05) is 0 Å². The van der Waals surface area contributed by atoms with Gasteiger partial charge in [-0.3, -0.25) is 18.1 Å². The number of ether oxygens (including phenoxy) is 6. The molecule has 1 aliphatic heterocycles. The van der Waals surface area contributed by atoms with Gasteiger partial charge in [-0.2, -0.15) is 9.88 Å². The standard InChI is InChI=1S/C34H57FN3O14PS5/c1-32(2,3)50-29(40)38(30(41)51-33(4,5)6)24-12-13-37(28(39)36-24)27-25(35)26(49-31(42)52-34(7,8)9)23(58-27)22-48-53(43,46-16-20-56-54-18-14-44-10)47-17-21-57-55-19-15-45-11/h12-13,23,25-27H,14-22H2,1-11H3/t23-,25+,26-,27-/m1/s1. The van der Waals surface area contributed by atoms with Crippen molar-refractivity contribution in [3.8, 4) is 0 Å². The number of halogens is 1. The number of phosphoric ester groups is 1. The monoisotopic (exact) mass is 941 g/mol. The SMILES string of the molecule is COCCSSCCOP(=O)(OCCSSCCOC)OC[C@H]1S[C@@H](n2ccc(N(C(=O)OC(C)(C)C)C(=O)OC(C)(C)C)nc2=O)[C@@H](F)[C@@H]1OC(=O)OC(C)(C)C. The van der Waals surface area contributed by atoms with Crippen LogP contribution in [0.5, 0.6) is 0 Å². The molecule has 2 rings (SSSR count). The first-order chi connectivity index (χ1) is 27.0. The second-order valence-corrected chi connectivity index (χ2v) is 23.4. The van der Waals surface area contributed by atoms with Crippen LogP contribution < -0.4 is 10.6 Å². The number of alkyl halides is 1. The summed E-state index contributed by atoms with van der Waals surface area (Å²) in [5, 5.41) is -2.45. The highest BCUT2D eigenvalue weighted by Gasteiger charge is 2.50. The molecule has 0 N–H and O–H groups in total. The van der Waals surface area contributed by atoms with E-state index in [4.69, 9.17) is 42.0 Å². The largest absolute Gasteiger partial charge is 0.509 e. The van der Waals surface area contributed by atoms with E-state index in [0.29, 0.717) is 29.6 Å². The van der Waals surface area contributed by atoms with Gasteiger partial charge in [0.15, 0.2) is 18.1 Å². The average Bonchev–Trinajstić information content (AvgIpc) is 3.38. The molecular formula is C34H57FN3O14PS5. The Bertz CT molecular complexity index is 1510. The minimum atomic E-state index is -4.25. The Morgan fingerprint density at radius 2 is 1.26 bits per heavy atom. The summed E-state index contributed by atoms with van der Waals surface area (Å²) < 4.78 is 80.0. The number of hydrogen-bond donors (Lipinski definition) is 0. The molecule has 4 atom stereocenters. The van der Waals surface area contributed by atoms with Gasteiger partial charge >= 0.3 is 31.9 Å². The Kier molecular flexibility index (Phi) is 22.6. The predicted molar refractivity (Wildman–Crippen MR) is 229 cm³/mol. The molecule has 58 heavy (non-hydrogen) atoms. The van der Waals surface area contributed by atoms with Gasteiger partial charge in [-0.25, -0.2) is 28.1 Å². The highest BCUT2D eigenvalue weighted by Crippen LogP contribution is 2.52. The van der Waals surface area contributed by atoms with Crippen LogP contribution in [0.3, 0.4) is 0 Å². The van der Waals surface area contributed by atoms with Crippen molar-refractivity contribution in [3.63, 3.8) is 0 Å². The van der Waals surface area contributed by atoms with Crippen LogP contribution in [0.4, 0.5) is 24.6 Å². The van der Waals surface area contributed by atoms with E-state index in [-0.39, 0.29) is 13.2 Å². The molecule has 0 bridgehead atoms. The quantitative estimate of drug-likeness (QED) is 0.0354. The second-order valence-electron chi connectivity index (χ2n) is 15.0. The van der Waals surface area contributed by atoms with Crippen LogP contribution in [-0.2, 0) is 46.6 Å². The molecule has 0 aromatic carbocycles. The number of amides is 2. The molecule has 1 aliphatic rings. The molecule has 0 radical (unpaired) electrons. The lowest BCUT2D eigenvalue weighted by Gasteiger charge is -2.28. The average molecular weight is 942 g/mol. The zero-order valence-electron chi connectivity index (χ0n) is 34.8. The molecule has 1 saturated heterocycles. The van der Waals surface area contributed by atoms with E-state index in [1.54, 1.807) is 98.1 Å². The topological polar surface area (TPSA) is 189 Å². The molecule has 1 aromatic heterocycles. The van der Waals surface area contributed by atoms with Crippen LogP contribution in [0.25, 0.3) is 0 Å². The van der Waals surface area contributed by atoms with Crippen molar-refractivity contribution in [1.82, 2.24) is 9.55 Å². The Hall–Kier alpha value is -1.40. The molecular weight excluding hydrogens is 885 g/mol. The van der Waals surface area contributed by atoms with Crippen LogP contribution in [-0.4, -0.2) is 132 Å². The van der Waals surface area contributed by atoms with Crippen molar-refractivity contribution in [2.75, 3.05) is 75.2 Å². The van der Waals surface area contributed by atoms with Crippen molar-refractivity contribution >= 4 is 86.9 Å². The lowest BCUT2D eigenvalue weighted by Crippen LogP contribution is -2.45. The Morgan fingerprint density at radius 3 is 1.69 bits per heavy atom. The summed E-state index contributed by atoms with van der Waals surface area (Å²) in [6, 6.07) is 1.14. The first-order valence-electron chi connectivity index (χ1n) is 18.0. The smallest absolute Gasteiger partial charge is 0.443 e. The number of anilines is 1. The number of methoxy groups -OCH3 is 2. The summed E-state index contributed by atoms with van der Waals surface area (Å²) in [7, 11) is 5.02. The minimum Gasteiger partial charge on any atom is -0.443 e. The number of carbonyl (C=O) groups is 3. The number of carbonyl (C=O) groups excluding carboxylic acids is 3. The van der Waals surface area contributed by atoms with E-state index < -0.39 is 84.0 Å². The highest BCUT2D eigenvalue weighted by molar-refractivity contribution is 8.77. The van der Waals surface area contributed by atoms with Gasteiger partial charge in [-0.1, -0.05) is 43.2 Å². The van der Waals surface area contributed by atoms with Gasteiger partial charge in [0.05, 0.1) is 38.3 Å². The number of aromatic nitrogens is 2. The molecule has 0 saturated carbocycles. The molecule has 2 amide bonds. The predicted octanol–water partition coefficient (Wildman–Crippen LogP) is 8.41. The zero-order valence-corrected chi connectivity index (χ0v) is 39.7. The molecule has 1 aromatic rings. The van der Waals surface area contributed by atoms with Crippen molar-refractivity contribution < 1.29 is 65.3 Å². The number of phosphoric acid groups is 1. The summed E-state index contributed by atoms with van der Waals surface area (Å²) in [4.78, 5) is 57.1. The first-order valence-corrected chi connectivity index (χ1v) is 25.4. The molecule has 0 spiro atoms. The summed E-state index contributed by atoms with van der Waals surface area (Å²) in [6.07, 6.45) is -6.01. The lowest BCUT2D eigenvalue weighted by molar-refractivity contribution is -0.0461. The molecule has 24 heteroatoms. The summed E-state index contributed by atoms with van der Waals surface area (Å²) in [5.74, 6) is 1.91.